The maximum absolute atomic E-state index is 13.7. The summed E-state index contributed by atoms with van der Waals surface area (Å²) < 4.78 is 41.8. The van der Waals surface area contributed by atoms with E-state index in [1.54, 1.807) is 25.1 Å². The van der Waals surface area contributed by atoms with Gasteiger partial charge in [0.15, 0.2) is 0 Å². The van der Waals surface area contributed by atoms with Crippen molar-refractivity contribution in [2.45, 2.75) is 44.7 Å². The van der Waals surface area contributed by atoms with Gasteiger partial charge in [-0.15, -0.1) is 0 Å². The highest BCUT2D eigenvalue weighted by atomic mass is 32.2. The molecule has 0 aliphatic rings. The number of carbonyl (C=O) groups excluding carboxylic acids is 2. The third-order valence-electron chi connectivity index (χ3n) is 5.91. The molecule has 0 bridgehead atoms. The van der Waals surface area contributed by atoms with Crippen molar-refractivity contribution in [3.05, 3.63) is 95.8 Å². The first-order valence-electron chi connectivity index (χ1n) is 12.1. The number of hydrogen-bond donors (Lipinski definition) is 1. The van der Waals surface area contributed by atoms with Gasteiger partial charge in [-0.1, -0.05) is 55.0 Å². The van der Waals surface area contributed by atoms with Crippen LogP contribution in [0.2, 0.25) is 0 Å². The molecule has 3 aromatic rings. The van der Waals surface area contributed by atoms with Gasteiger partial charge in [0.25, 0.3) is 10.0 Å². The zero-order valence-electron chi connectivity index (χ0n) is 21.2. The smallest absolute Gasteiger partial charge is 0.264 e. The topological polar surface area (TPSA) is 86.8 Å². The van der Waals surface area contributed by atoms with Crippen LogP contribution >= 0.6 is 0 Å². The largest absolute Gasteiger partial charge is 0.354 e. The number of hydrogen-bond acceptors (Lipinski definition) is 4. The fourth-order valence-corrected chi connectivity index (χ4v) is 5.16. The summed E-state index contributed by atoms with van der Waals surface area (Å²) in [5.74, 6) is -1.43. The van der Waals surface area contributed by atoms with Crippen LogP contribution in [0.1, 0.15) is 31.4 Å². The van der Waals surface area contributed by atoms with Crippen LogP contribution < -0.4 is 9.62 Å². The molecule has 0 aliphatic heterocycles. The van der Waals surface area contributed by atoms with Gasteiger partial charge in [0, 0.05) is 13.1 Å². The summed E-state index contributed by atoms with van der Waals surface area (Å²) in [4.78, 5) is 27.9. The number of carbonyl (C=O) groups is 2. The minimum Gasteiger partial charge on any atom is -0.354 e. The molecule has 0 aliphatic carbocycles. The summed E-state index contributed by atoms with van der Waals surface area (Å²) in [5, 5.41) is 2.80. The molecule has 9 heteroatoms. The lowest BCUT2D eigenvalue weighted by molar-refractivity contribution is -0.139. The quantitative estimate of drug-likeness (QED) is 0.405. The molecule has 37 heavy (non-hydrogen) atoms. The Bertz CT molecular complexity index is 1300. The van der Waals surface area contributed by atoms with Crippen molar-refractivity contribution < 1.29 is 22.4 Å². The molecule has 0 heterocycles. The Morgan fingerprint density at radius 1 is 0.946 bits per heavy atom. The van der Waals surface area contributed by atoms with E-state index in [0.29, 0.717) is 6.54 Å². The van der Waals surface area contributed by atoms with Crippen LogP contribution in [-0.4, -0.2) is 44.3 Å². The molecule has 3 aromatic carbocycles. The SMILES string of the molecule is CCCNC(=O)[C@H](C)N(Cc1ccc(C)cc1)C(=O)CN(c1ccc(F)cc1)S(=O)(=O)c1ccccc1. The zero-order chi connectivity index (χ0) is 27.0. The van der Waals surface area contributed by atoms with E-state index in [4.69, 9.17) is 0 Å². The van der Waals surface area contributed by atoms with E-state index >= 15 is 0 Å². The third-order valence-corrected chi connectivity index (χ3v) is 7.70. The number of anilines is 1. The Balaban J connectivity index is 1.99. The van der Waals surface area contributed by atoms with E-state index in [0.717, 1.165) is 34.0 Å². The second-order valence-electron chi connectivity index (χ2n) is 8.78. The van der Waals surface area contributed by atoms with Gasteiger partial charge in [-0.05, 0) is 62.2 Å². The predicted octanol–water partition coefficient (Wildman–Crippen LogP) is 4.27. The molecule has 196 valence electrons. The van der Waals surface area contributed by atoms with Gasteiger partial charge < -0.3 is 10.2 Å². The number of benzene rings is 3. The maximum Gasteiger partial charge on any atom is 0.264 e. The zero-order valence-corrected chi connectivity index (χ0v) is 22.0. The highest BCUT2D eigenvalue weighted by Gasteiger charge is 2.32. The van der Waals surface area contributed by atoms with Gasteiger partial charge in [0.1, 0.15) is 18.4 Å². The Morgan fingerprint density at radius 3 is 2.16 bits per heavy atom. The summed E-state index contributed by atoms with van der Waals surface area (Å²) in [6.07, 6.45) is 0.734. The van der Waals surface area contributed by atoms with E-state index in [1.165, 1.54) is 29.2 Å². The summed E-state index contributed by atoms with van der Waals surface area (Å²) in [6, 6.07) is 19.3. The summed E-state index contributed by atoms with van der Waals surface area (Å²) in [6.45, 7) is 5.49. The summed E-state index contributed by atoms with van der Waals surface area (Å²) in [7, 11) is -4.17. The van der Waals surface area contributed by atoms with Gasteiger partial charge in [0.2, 0.25) is 11.8 Å². The van der Waals surface area contributed by atoms with Gasteiger partial charge in [0.05, 0.1) is 10.6 Å². The van der Waals surface area contributed by atoms with E-state index in [2.05, 4.69) is 5.32 Å². The molecule has 1 N–H and O–H groups in total. The number of aryl methyl sites for hydroxylation is 1. The number of rotatable bonds is 11. The van der Waals surface area contributed by atoms with Crippen molar-refractivity contribution >= 4 is 27.5 Å². The van der Waals surface area contributed by atoms with Crippen LogP contribution in [0, 0.1) is 12.7 Å². The van der Waals surface area contributed by atoms with Crippen LogP contribution in [0.5, 0.6) is 0 Å². The minimum absolute atomic E-state index is 0.00838. The van der Waals surface area contributed by atoms with Crippen LogP contribution in [0.25, 0.3) is 0 Å². The molecule has 0 fully saturated rings. The number of amides is 2. The molecule has 1 atom stereocenters. The second kappa shape index (κ2) is 12.5. The Labute approximate surface area is 218 Å². The number of nitrogens with zero attached hydrogens (tertiary/aromatic N) is 2. The number of halogens is 1. The first-order valence-corrected chi connectivity index (χ1v) is 13.5. The van der Waals surface area contributed by atoms with E-state index < -0.39 is 34.3 Å². The van der Waals surface area contributed by atoms with Crippen molar-refractivity contribution in [2.24, 2.45) is 0 Å². The van der Waals surface area contributed by atoms with E-state index in [-0.39, 0.29) is 23.0 Å². The molecule has 0 unspecified atom stereocenters. The Hall–Kier alpha value is -3.72. The average molecular weight is 526 g/mol. The fourth-order valence-electron chi connectivity index (χ4n) is 3.72. The number of sulfonamides is 1. The molecule has 2 amide bonds. The molecule has 0 aromatic heterocycles. The van der Waals surface area contributed by atoms with Crippen LogP contribution in [-0.2, 0) is 26.2 Å². The highest BCUT2D eigenvalue weighted by Crippen LogP contribution is 2.25. The summed E-state index contributed by atoms with van der Waals surface area (Å²) >= 11 is 0. The van der Waals surface area contributed by atoms with E-state index in [9.17, 15) is 22.4 Å². The molecule has 0 spiro atoms. The van der Waals surface area contributed by atoms with Crippen LogP contribution in [0.4, 0.5) is 10.1 Å². The molecular formula is C28H32FN3O4S. The van der Waals surface area contributed by atoms with Crippen molar-refractivity contribution in [3.63, 3.8) is 0 Å². The highest BCUT2D eigenvalue weighted by molar-refractivity contribution is 7.92. The molecule has 3 rings (SSSR count). The maximum atomic E-state index is 13.7. The molecule has 0 radical (unpaired) electrons. The number of nitrogens with one attached hydrogen (secondary N) is 1. The molecule has 0 saturated carbocycles. The monoisotopic (exact) mass is 525 g/mol. The van der Waals surface area contributed by atoms with E-state index in [1.807, 2.05) is 38.1 Å². The van der Waals surface area contributed by atoms with Crippen molar-refractivity contribution in [2.75, 3.05) is 17.4 Å². The van der Waals surface area contributed by atoms with Gasteiger partial charge in [-0.25, -0.2) is 12.8 Å². The molecule has 7 nitrogen and oxygen atoms in total. The summed E-state index contributed by atoms with van der Waals surface area (Å²) in [5.41, 5.74) is 1.98. The van der Waals surface area contributed by atoms with Gasteiger partial charge in [-0.2, -0.15) is 0 Å². The predicted molar refractivity (Wildman–Crippen MR) is 142 cm³/mol. The standard InChI is InChI=1S/C28H32FN3O4S/c1-4-18-30-28(34)22(3)31(19-23-12-10-21(2)11-13-23)27(33)20-32(25-16-14-24(29)15-17-25)37(35,36)26-8-6-5-7-9-26/h5-17,22H,4,18-20H2,1-3H3,(H,30,34)/t22-/m0/s1. The van der Waals surface area contributed by atoms with Crippen molar-refractivity contribution in [3.8, 4) is 0 Å². The lowest BCUT2D eigenvalue weighted by Gasteiger charge is -2.32. The van der Waals surface area contributed by atoms with Gasteiger partial charge >= 0.3 is 0 Å². The lowest BCUT2D eigenvalue weighted by Crippen LogP contribution is -2.51. The van der Waals surface area contributed by atoms with Crippen molar-refractivity contribution in [1.82, 2.24) is 10.2 Å². The first-order chi connectivity index (χ1) is 17.6. The third kappa shape index (κ3) is 7.16. The van der Waals surface area contributed by atoms with Crippen molar-refractivity contribution in [1.29, 1.82) is 0 Å². The first kappa shape index (κ1) is 27.9. The minimum atomic E-state index is -4.17. The molecular weight excluding hydrogens is 493 g/mol. The molecule has 0 saturated heterocycles. The Kier molecular flexibility index (Phi) is 9.41. The normalized spacial score (nSPS) is 12.0. The fraction of sp³-hybridized carbons (Fsp3) is 0.286. The second-order valence-corrected chi connectivity index (χ2v) is 10.6. The van der Waals surface area contributed by atoms with Crippen LogP contribution in [0.3, 0.4) is 0 Å². The van der Waals surface area contributed by atoms with Crippen LogP contribution in [0.15, 0.2) is 83.8 Å². The Morgan fingerprint density at radius 2 is 1.57 bits per heavy atom. The lowest BCUT2D eigenvalue weighted by atomic mass is 10.1. The average Bonchev–Trinajstić information content (AvgIpc) is 2.90. The van der Waals surface area contributed by atoms with Gasteiger partial charge in [-0.3, -0.25) is 13.9 Å².